The number of hydrogen-bond acceptors (Lipinski definition) is 3. The number of nitrogens with zero attached hydrogens (tertiary/aromatic N) is 2. The molecule has 12 rings (SSSR count). The third-order valence-electron chi connectivity index (χ3n) is 13.0. The zero-order chi connectivity index (χ0) is 31.0. The van der Waals surface area contributed by atoms with Crippen LogP contribution in [0.4, 0.5) is 0 Å². The lowest BCUT2D eigenvalue weighted by Crippen LogP contribution is -2.39. The molecule has 46 heavy (non-hydrogen) atoms. The molecule has 2 saturated carbocycles. The Morgan fingerprint density at radius 1 is 0.783 bits per heavy atom. The first-order chi connectivity index (χ1) is 22.1. The van der Waals surface area contributed by atoms with Gasteiger partial charge >= 0.3 is 0 Å². The lowest BCUT2D eigenvalue weighted by Gasteiger charge is -2.41. The van der Waals surface area contributed by atoms with Gasteiger partial charge in [-0.25, -0.2) is 0 Å². The van der Waals surface area contributed by atoms with Gasteiger partial charge in [0.2, 0.25) is 0 Å². The number of aromatic nitrogens is 1. The van der Waals surface area contributed by atoms with Crippen LogP contribution >= 0.6 is 0 Å². The quantitative estimate of drug-likeness (QED) is 0.174. The fourth-order valence-corrected chi connectivity index (χ4v) is 11.7. The summed E-state index contributed by atoms with van der Waals surface area (Å²) < 4.78 is 9.24. The monoisotopic (exact) mass is 600 g/mol. The molecule has 2 unspecified atom stereocenters. The molecule has 4 heteroatoms. The number of Topliss-reactive ketones (excluding diaryl/α,β-unsaturated/α-hetero) is 1. The van der Waals surface area contributed by atoms with Crippen LogP contribution in [0.25, 0.3) is 60.0 Å². The van der Waals surface area contributed by atoms with Crippen LogP contribution < -0.4 is 0 Å². The smallest absolute Gasteiger partial charge is 0.168 e. The van der Waals surface area contributed by atoms with Crippen LogP contribution in [0.5, 0.6) is 0 Å². The van der Waals surface area contributed by atoms with E-state index in [0.717, 1.165) is 67.9 Å². The molecule has 0 radical (unpaired) electrons. The van der Waals surface area contributed by atoms with Gasteiger partial charge < -0.3 is 8.82 Å². The van der Waals surface area contributed by atoms with Crippen molar-refractivity contribution in [2.24, 2.45) is 17.3 Å². The molecule has 0 saturated heterocycles. The predicted molar refractivity (Wildman–Crippen MR) is 184 cm³/mol. The van der Waals surface area contributed by atoms with Crippen molar-refractivity contribution in [2.45, 2.75) is 83.5 Å². The van der Waals surface area contributed by atoms with Crippen molar-refractivity contribution in [3.63, 3.8) is 0 Å². The number of para-hydroxylation sites is 1. The average Bonchev–Trinajstić information content (AvgIpc) is 3.62. The molecular formula is C42H36N2O2. The van der Waals surface area contributed by atoms with Crippen molar-refractivity contribution in [3.8, 4) is 6.07 Å². The molecule has 0 N–H and O–H groups in total. The first kappa shape index (κ1) is 25.8. The molecule has 4 bridgehead atoms. The van der Waals surface area contributed by atoms with Gasteiger partial charge in [0.05, 0.1) is 33.6 Å². The molecule has 0 aliphatic heterocycles. The second-order valence-corrected chi connectivity index (χ2v) is 16.7. The van der Waals surface area contributed by atoms with Crippen molar-refractivity contribution in [1.82, 2.24) is 4.40 Å². The Kier molecular flexibility index (Phi) is 4.46. The summed E-state index contributed by atoms with van der Waals surface area (Å²) >= 11 is 0. The number of nitriles is 1. The highest BCUT2D eigenvalue weighted by Gasteiger charge is 2.46. The normalized spacial score (nSPS) is 26.1. The lowest BCUT2D eigenvalue weighted by atomic mass is 9.62. The molecule has 7 aromatic rings. The lowest BCUT2D eigenvalue weighted by molar-refractivity contribution is 0.0764. The molecule has 2 fully saturated rings. The van der Waals surface area contributed by atoms with Crippen molar-refractivity contribution >= 4 is 65.8 Å². The van der Waals surface area contributed by atoms with Gasteiger partial charge in [-0.2, -0.15) is 5.26 Å². The van der Waals surface area contributed by atoms with E-state index in [1.807, 2.05) is 0 Å². The van der Waals surface area contributed by atoms with Crippen molar-refractivity contribution in [1.29, 1.82) is 5.26 Å². The van der Waals surface area contributed by atoms with E-state index in [1.54, 1.807) is 0 Å². The fraction of sp³-hybridized carbons (Fsp3) is 0.381. The highest BCUT2D eigenvalue weighted by atomic mass is 16.3. The van der Waals surface area contributed by atoms with Crippen LogP contribution in [0, 0.1) is 28.6 Å². The maximum atomic E-state index is 14.1. The first-order valence-electron chi connectivity index (χ1n) is 17.3. The van der Waals surface area contributed by atoms with E-state index in [4.69, 9.17) is 4.42 Å². The molecule has 3 aromatic heterocycles. The molecular weight excluding hydrogens is 564 g/mol. The number of benzene rings is 4. The largest absolute Gasteiger partial charge is 0.455 e. The Morgan fingerprint density at radius 3 is 2.28 bits per heavy atom. The number of carbonyl (C=O) groups is 1. The fourth-order valence-electron chi connectivity index (χ4n) is 11.7. The van der Waals surface area contributed by atoms with E-state index < -0.39 is 5.41 Å². The summed E-state index contributed by atoms with van der Waals surface area (Å²) in [5, 5.41) is 17.9. The zero-order valence-corrected chi connectivity index (χ0v) is 26.9. The van der Waals surface area contributed by atoms with Crippen LogP contribution in [-0.4, -0.2) is 10.2 Å². The van der Waals surface area contributed by atoms with Gasteiger partial charge in [0.25, 0.3) is 0 Å². The molecule has 5 aliphatic carbocycles. The SMILES string of the molecule is CC1(C)CC(C)(C)c2cc3c4cc5c6ccccc6oc5c5c6c7c(c(C#N)cc6n(c3cc2C1=O)c45)C1CC2CC(C1)CC7C2. The van der Waals surface area contributed by atoms with E-state index in [0.29, 0.717) is 11.8 Å². The molecule has 3 heterocycles. The molecule has 4 aromatic carbocycles. The summed E-state index contributed by atoms with van der Waals surface area (Å²) in [5.41, 5.74) is 10.3. The summed E-state index contributed by atoms with van der Waals surface area (Å²) in [6.07, 6.45) is 7.05. The number of fused-ring (bicyclic) bond motifs is 11. The van der Waals surface area contributed by atoms with Gasteiger partial charge in [0, 0.05) is 37.9 Å². The first-order valence-corrected chi connectivity index (χ1v) is 17.3. The van der Waals surface area contributed by atoms with Gasteiger partial charge in [-0.05, 0) is 115 Å². The summed E-state index contributed by atoms with van der Waals surface area (Å²) in [4.78, 5) is 14.1. The minimum absolute atomic E-state index is 0.129. The second-order valence-electron chi connectivity index (χ2n) is 16.7. The van der Waals surface area contributed by atoms with Gasteiger partial charge in [0.1, 0.15) is 11.2 Å². The number of hydrogen-bond donors (Lipinski definition) is 0. The molecule has 2 atom stereocenters. The Hall–Kier alpha value is -4.36. The summed E-state index contributed by atoms with van der Waals surface area (Å²) in [5.74, 6) is 2.67. The van der Waals surface area contributed by atoms with Crippen molar-refractivity contribution < 1.29 is 9.21 Å². The van der Waals surface area contributed by atoms with E-state index in [2.05, 4.69) is 86.7 Å². The predicted octanol–water partition coefficient (Wildman–Crippen LogP) is 10.9. The highest BCUT2D eigenvalue weighted by molar-refractivity contribution is 6.33. The summed E-state index contributed by atoms with van der Waals surface area (Å²) in [7, 11) is 0. The Morgan fingerprint density at radius 2 is 1.52 bits per heavy atom. The second kappa shape index (κ2) is 7.95. The molecule has 0 amide bonds. The van der Waals surface area contributed by atoms with Crippen LogP contribution in [0.15, 0.2) is 52.9 Å². The third kappa shape index (κ3) is 2.91. The maximum absolute atomic E-state index is 14.1. The van der Waals surface area contributed by atoms with Crippen LogP contribution in [0.1, 0.15) is 111 Å². The van der Waals surface area contributed by atoms with Crippen molar-refractivity contribution in [3.05, 3.63) is 76.3 Å². The Balaban J connectivity index is 1.40. The highest BCUT2D eigenvalue weighted by Crippen LogP contribution is 2.60. The van der Waals surface area contributed by atoms with E-state index in [1.165, 1.54) is 70.3 Å². The van der Waals surface area contributed by atoms with Gasteiger partial charge in [-0.3, -0.25) is 4.79 Å². The van der Waals surface area contributed by atoms with Crippen LogP contribution in [0.2, 0.25) is 0 Å². The average molecular weight is 601 g/mol. The van der Waals surface area contributed by atoms with E-state index in [9.17, 15) is 10.1 Å². The minimum atomic E-state index is -0.424. The van der Waals surface area contributed by atoms with Crippen LogP contribution in [-0.2, 0) is 5.41 Å². The summed E-state index contributed by atoms with van der Waals surface area (Å²) in [6, 6.07) is 20.2. The standard InChI is InChI=1S/C42H36N2O2/c1-41(2)19-42(3,4)40(45)29-17-31-26(16-30(29)41)27-15-28-25-7-5-6-8-33(25)46-39(28)37-36-32(44(31)38(27)37)14-24(18-43)34-22-10-20-9-21(11-22)13-23(12-20)35(34)36/h5-8,14-17,20-23H,9-13,19H2,1-4H3. The zero-order valence-electron chi connectivity index (χ0n) is 26.9. The molecule has 0 spiro atoms. The van der Waals surface area contributed by atoms with Crippen molar-refractivity contribution in [2.75, 3.05) is 0 Å². The number of carbonyl (C=O) groups excluding carboxylic acids is 1. The Labute approximate surface area is 267 Å². The Bertz CT molecular complexity index is 2590. The van der Waals surface area contributed by atoms with Crippen LogP contribution in [0.3, 0.4) is 0 Å². The summed E-state index contributed by atoms with van der Waals surface area (Å²) in [6.45, 7) is 8.77. The molecule has 226 valence electrons. The number of furan rings is 1. The van der Waals surface area contributed by atoms with Gasteiger partial charge in [0.15, 0.2) is 5.78 Å². The van der Waals surface area contributed by atoms with Gasteiger partial charge in [-0.1, -0.05) is 45.9 Å². The molecule has 4 nitrogen and oxygen atoms in total. The maximum Gasteiger partial charge on any atom is 0.168 e. The van der Waals surface area contributed by atoms with Gasteiger partial charge in [-0.15, -0.1) is 0 Å². The number of rotatable bonds is 0. The topological polar surface area (TPSA) is 58.4 Å². The van der Waals surface area contributed by atoms with E-state index in [-0.39, 0.29) is 11.2 Å². The molecule has 5 aliphatic rings. The van der Waals surface area contributed by atoms with E-state index >= 15 is 0 Å². The third-order valence-corrected chi connectivity index (χ3v) is 13.0. The number of ketones is 1. The minimum Gasteiger partial charge on any atom is -0.455 e.